The van der Waals surface area contributed by atoms with Crippen LogP contribution in [0.3, 0.4) is 0 Å². The van der Waals surface area contributed by atoms with Gasteiger partial charge in [-0.3, -0.25) is 4.79 Å². The fraction of sp³-hybridized carbons (Fsp3) is 0.500. The Kier molecular flexibility index (Phi) is 2.85. The molecule has 1 aliphatic carbocycles. The average molecular weight is 230 g/mol. The molecule has 1 aromatic carbocycles. The fourth-order valence-corrected chi connectivity index (χ4v) is 3.15. The second-order valence-corrected chi connectivity index (χ2v) is 5.20. The quantitative estimate of drug-likeness (QED) is 0.814. The van der Waals surface area contributed by atoms with Crippen molar-refractivity contribution in [1.82, 2.24) is 5.32 Å². The number of para-hydroxylation sites is 1. The molecule has 1 aromatic rings. The molecule has 1 saturated carbocycles. The molecule has 90 valence electrons. The van der Waals surface area contributed by atoms with Crippen LogP contribution in [0.2, 0.25) is 0 Å². The zero-order valence-corrected chi connectivity index (χ0v) is 9.86. The van der Waals surface area contributed by atoms with Crippen molar-refractivity contribution < 1.29 is 4.79 Å². The molecular formula is C14H18N2O. The number of benzene rings is 1. The highest BCUT2D eigenvalue weighted by Gasteiger charge is 2.40. The number of carbonyl (C=O) groups excluding carboxylic acids is 1. The summed E-state index contributed by atoms with van der Waals surface area (Å²) in [5.74, 6) is 1.86. The minimum Gasteiger partial charge on any atom is -0.326 e. The van der Waals surface area contributed by atoms with Crippen molar-refractivity contribution in [2.24, 2.45) is 17.8 Å². The van der Waals surface area contributed by atoms with E-state index in [0.717, 1.165) is 43.5 Å². The molecule has 17 heavy (non-hydrogen) atoms. The molecule has 2 aliphatic rings. The third-order valence-corrected chi connectivity index (χ3v) is 4.07. The van der Waals surface area contributed by atoms with Gasteiger partial charge in [0.25, 0.3) is 0 Å². The summed E-state index contributed by atoms with van der Waals surface area (Å²) in [7, 11) is 0. The molecule has 1 amide bonds. The number of amides is 1. The number of fused-ring (bicyclic) bond motifs is 1. The molecule has 2 fully saturated rings. The Hall–Kier alpha value is -1.35. The van der Waals surface area contributed by atoms with Crippen molar-refractivity contribution in [1.29, 1.82) is 0 Å². The van der Waals surface area contributed by atoms with E-state index in [1.807, 2.05) is 30.3 Å². The topological polar surface area (TPSA) is 41.1 Å². The van der Waals surface area contributed by atoms with Crippen LogP contribution in [0.25, 0.3) is 0 Å². The Balaban J connectivity index is 1.61. The van der Waals surface area contributed by atoms with Crippen molar-refractivity contribution in [3.8, 4) is 0 Å². The lowest BCUT2D eigenvalue weighted by Gasteiger charge is -2.11. The van der Waals surface area contributed by atoms with Crippen LogP contribution >= 0.6 is 0 Å². The summed E-state index contributed by atoms with van der Waals surface area (Å²) >= 11 is 0. The SMILES string of the molecule is O=C(Nc1ccccc1)C1CC2CNCC2C1. The van der Waals surface area contributed by atoms with Crippen molar-refractivity contribution in [2.75, 3.05) is 18.4 Å². The molecule has 1 heterocycles. The summed E-state index contributed by atoms with van der Waals surface area (Å²) in [4.78, 5) is 12.1. The molecule has 3 rings (SSSR count). The first-order valence-corrected chi connectivity index (χ1v) is 6.39. The molecule has 2 N–H and O–H groups in total. The molecule has 3 nitrogen and oxygen atoms in total. The summed E-state index contributed by atoms with van der Waals surface area (Å²) in [5.41, 5.74) is 0.910. The van der Waals surface area contributed by atoms with Crippen LogP contribution in [0.4, 0.5) is 5.69 Å². The van der Waals surface area contributed by atoms with Crippen molar-refractivity contribution in [2.45, 2.75) is 12.8 Å². The number of rotatable bonds is 2. The summed E-state index contributed by atoms with van der Waals surface area (Å²) in [6, 6.07) is 9.73. The molecule has 0 aromatic heterocycles. The summed E-state index contributed by atoms with van der Waals surface area (Å²) < 4.78 is 0. The van der Waals surface area contributed by atoms with E-state index >= 15 is 0 Å². The predicted molar refractivity (Wildman–Crippen MR) is 67.6 cm³/mol. The van der Waals surface area contributed by atoms with Gasteiger partial charge in [0.2, 0.25) is 5.91 Å². The van der Waals surface area contributed by atoms with E-state index in [1.165, 1.54) is 0 Å². The Morgan fingerprint density at radius 1 is 1.12 bits per heavy atom. The molecule has 1 saturated heterocycles. The first kappa shape index (κ1) is 10.8. The first-order valence-electron chi connectivity index (χ1n) is 6.39. The summed E-state index contributed by atoms with van der Waals surface area (Å²) in [5, 5.41) is 6.42. The maximum atomic E-state index is 12.1. The lowest BCUT2D eigenvalue weighted by atomic mass is 10.0. The van der Waals surface area contributed by atoms with Crippen molar-refractivity contribution in [3.05, 3.63) is 30.3 Å². The molecule has 1 aliphatic heterocycles. The number of nitrogens with one attached hydrogen (secondary N) is 2. The van der Waals surface area contributed by atoms with Gasteiger partial charge in [-0.1, -0.05) is 18.2 Å². The van der Waals surface area contributed by atoms with E-state index in [2.05, 4.69) is 10.6 Å². The van der Waals surface area contributed by atoms with E-state index in [-0.39, 0.29) is 11.8 Å². The minimum atomic E-state index is 0.200. The highest BCUT2D eigenvalue weighted by molar-refractivity contribution is 5.92. The van der Waals surface area contributed by atoms with Gasteiger partial charge in [-0.05, 0) is 49.9 Å². The molecule has 0 radical (unpaired) electrons. The standard InChI is InChI=1S/C14H18N2O/c17-14(16-13-4-2-1-3-5-13)10-6-11-8-15-9-12(11)7-10/h1-5,10-12,15H,6-9H2,(H,16,17). The predicted octanol–water partition coefficient (Wildman–Crippen LogP) is 1.87. The van der Waals surface area contributed by atoms with Gasteiger partial charge in [-0.2, -0.15) is 0 Å². The van der Waals surface area contributed by atoms with E-state index < -0.39 is 0 Å². The van der Waals surface area contributed by atoms with Gasteiger partial charge in [0.05, 0.1) is 0 Å². The molecular weight excluding hydrogens is 212 g/mol. The highest BCUT2D eigenvalue weighted by Crippen LogP contribution is 2.38. The zero-order valence-electron chi connectivity index (χ0n) is 9.86. The molecule has 0 bridgehead atoms. The Morgan fingerprint density at radius 3 is 2.41 bits per heavy atom. The van der Waals surface area contributed by atoms with Gasteiger partial charge >= 0.3 is 0 Å². The summed E-state index contributed by atoms with van der Waals surface area (Å²) in [6.07, 6.45) is 2.10. The van der Waals surface area contributed by atoms with Crippen LogP contribution in [-0.4, -0.2) is 19.0 Å². The van der Waals surface area contributed by atoms with Gasteiger partial charge in [0, 0.05) is 11.6 Å². The van der Waals surface area contributed by atoms with Crippen LogP contribution < -0.4 is 10.6 Å². The molecule has 2 unspecified atom stereocenters. The number of anilines is 1. The molecule has 3 heteroatoms. The second-order valence-electron chi connectivity index (χ2n) is 5.20. The average Bonchev–Trinajstić information content (AvgIpc) is 2.90. The highest BCUT2D eigenvalue weighted by atomic mass is 16.1. The smallest absolute Gasteiger partial charge is 0.227 e. The Morgan fingerprint density at radius 2 is 1.76 bits per heavy atom. The van der Waals surface area contributed by atoms with Gasteiger partial charge in [-0.15, -0.1) is 0 Å². The maximum absolute atomic E-state index is 12.1. The minimum absolute atomic E-state index is 0.200. The van der Waals surface area contributed by atoms with Gasteiger partial charge in [0.15, 0.2) is 0 Å². The number of hydrogen-bond acceptors (Lipinski definition) is 2. The molecule has 2 atom stereocenters. The van der Waals surface area contributed by atoms with Crippen LogP contribution in [-0.2, 0) is 4.79 Å². The Labute approximate surface area is 102 Å². The largest absolute Gasteiger partial charge is 0.326 e. The van der Waals surface area contributed by atoms with Crippen molar-refractivity contribution >= 4 is 11.6 Å². The second kappa shape index (κ2) is 4.49. The van der Waals surface area contributed by atoms with Gasteiger partial charge < -0.3 is 10.6 Å². The normalized spacial score (nSPS) is 31.2. The van der Waals surface area contributed by atoms with Crippen molar-refractivity contribution in [3.63, 3.8) is 0 Å². The van der Waals surface area contributed by atoms with Crippen LogP contribution in [0.1, 0.15) is 12.8 Å². The zero-order chi connectivity index (χ0) is 11.7. The van der Waals surface area contributed by atoms with Gasteiger partial charge in [-0.25, -0.2) is 0 Å². The van der Waals surface area contributed by atoms with Crippen LogP contribution in [0, 0.1) is 17.8 Å². The van der Waals surface area contributed by atoms with Crippen LogP contribution in [0.5, 0.6) is 0 Å². The number of hydrogen-bond donors (Lipinski definition) is 2. The fourth-order valence-electron chi connectivity index (χ4n) is 3.15. The number of carbonyl (C=O) groups is 1. The maximum Gasteiger partial charge on any atom is 0.227 e. The Bertz CT molecular complexity index is 392. The lowest BCUT2D eigenvalue weighted by molar-refractivity contribution is -0.119. The van der Waals surface area contributed by atoms with Gasteiger partial charge in [0.1, 0.15) is 0 Å². The van der Waals surface area contributed by atoms with E-state index in [1.54, 1.807) is 0 Å². The van der Waals surface area contributed by atoms with E-state index in [4.69, 9.17) is 0 Å². The van der Waals surface area contributed by atoms with Crippen LogP contribution in [0.15, 0.2) is 30.3 Å². The lowest BCUT2D eigenvalue weighted by Crippen LogP contribution is -2.23. The van der Waals surface area contributed by atoms with E-state index in [9.17, 15) is 4.79 Å². The van der Waals surface area contributed by atoms with E-state index in [0.29, 0.717) is 0 Å². The molecule has 0 spiro atoms. The third kappa shape index (κ3) is 2.20. The summed E-state index contributed by atoms with van der Waals surface area (Å²) in [6.45, 7) is 2.19. The third-order valence-electron chi connectivity index (χ3n) is 4.07. The first-order chi connectivity index (χ1) is 8.33. The monoisotopic (exact) mass is 230 g/mol.